The number of amides is 1. The maximum atomic E-state index is 12.6. The maximum absolute atomic E-state index is 12.6. The Balaban J connectivity index is 1.54. The Morgan fingerprint density at radius 2 is 1.43 bits per heavy atom. The van der Waals surface area contributed by atoms with E-state index < -0.39 is 11.9 Å². The summed E-state index contributed by atoms with van der Waals surface area (Å²) in [6, 6.07) is 0.635. The highest BCUT2D eigenvalue weighted by Crippen LogP contribution is 2.34. The summed E-state index contributed by atoms with van der Waals surface area (Å²) in [5, 5.41) is 9.24. The van der Waals surface area contributed by atoms with E-state index in [0.29, 0.717) is 12.5 Å². The molecule has 0 aromatic heterocycles. The van der Waals surface area contributed by atoms with Crippen molar-refractivity contribution < 1.29 is 14.7 Å². The van der Waals surface area contributed by atoms with Gasteiger partial charge in [-0.05, 0) is 51.6 Å². The molecule has 1 amide bonds. The molecule has 3 rings (SSSR count). The number of rotatable bonds is 3. The quantitative estimate of drug-likeness (QED) is 0.858. The molecule has 3 aliphatic rings. The van der Waals surface area contributed by atoms with Gasteiger partial charge >= 0.3 is 5.97 Å². The summed E-state index contributed by atoms with van der Waals surface area (Å²) in [6.07, 6.45) is 7.00. The van der Waals surface area contributed by atoms with E-state index in [1.807, 2.05) is 4.90 Å². The van der Waals surface area contributed by atoms with Gasteiger partial charge in [-0.15, -0.1) is 0 Å². The molecule has 1 aliphatic carbocycles. The number of carboxylic acid groups (broad SMARTS) is 1. The molecular formula is C16H26N2O3. The van der Waals surface area contributed by atoms with Gasteiger partial charge in [0.15, 0.2) is 0 Å². The second-order valence-corrected chi connectivity index (χ2v) is 6.78. The van der Waals surface area contributed by atoms with Gasteiger partial charge in [0.1, 0.15) is 0 Å². The van der Waals surface area contributed by atoms with Gasteiger partial charge in [0.05, 0.1) is 11.8 Å². The van der Waals surface area contributed by atoms with E-state index >= 15 is 0 Å². The molecule has 0 aromatic rings. The molecule has 0 radical (unpaired) electrons. The molecule has 5 nitrogen and oxygen atoms in total. The van der Waals surface area contributed by atoms with Crippen LogP contribution in [0, 0.1) is 11.8 Å². The molecule has 2 atom stereocenters. The predicted octanol–water partition coefficient (Wildman–Crippen LogP) is 1.57. The lowest BCUT2D eigenvalue weighted by molar-refractivity contribution is -0.149. The highest BCUT2D eigenvalue weighted by atomic mass is 16.4. The minimum atomic E-state index is -0.794. The van der Waals surface area contributed by atoms with Gasteiger partial charge in [-0.1, -0.05) is 6.42 Å². The third kappa shape index (κ3) is 3.07. The molecule has 2 saturated heterocycles. The van der Waals surface area contributed by atoms with Crippen molar-refractivity contribution >= 4 is 11.9 Å². The van der Waals surface area contributed by atoms with Crippen LogP contribution >= 0.6 is 0 Å². The van der Waals surface area contributed by atoms with Gasteiger partial charge in [-0.3, -0.25) is 9.59 Å². The minimum absolute atomic E-state index is 0.0970. The van der Waals surface area contributed by atoms with Crippen LogP contribution in [-0.4, -0.2) is 59.0 Å². The van der Waals surface area contributed by atoms with E-state index in [4.69, 9.17) is 0 Å². The molecule has 2 heterocycles. The number of aliphatic carboxylic acids is 1. The minimum Gasteiger partial charge on any atom is -0.481 e. The monoisotopic (exact) mass is 294 g/mol. The molecule has 0 spiro atoms. The fourth-order valence-corrected chi connectivity index (χ4v) is 4.34. The van der Waals surface area contributed by atoms with Crippen LogP contribution < -0.4 is 0 Å². The first-order chi connectivity index (χ1) is 10.2. The lowest BCUT2D eigenvalue weighted by atomic mass is 9.93. The molecule has 5 heteroatoms. The van der Waals surface area contributed by atoms with Crippen LogP contribution in [0.15, 0.2) is 0 Å². The van der Waals surface area contributed by atoms with Crippen LogP contribution in [0.2, 0.25) is 0 Å². The molecule has 21 heavy (non-hydrogen) atoms. The Kier molecular flexibility index (Phi) is 4.48. The molecular weight excluding hydrogens is 268 g/mol. The second kappa shape index (κ2) is 6.34. The number of piperidine rings is 1. The summed E-state index contributed by atoms with van der Waals surface area (Å²) in [6.45, 7) is 4.04. The van der Waals surface area contributed by atoms with E-state index in [-0.39, 0.29) is 11.8 Å². The zero-order chi connectivity index (χ0) is 14.8. The summed E-state index contributed by atoms with van der Waals surface area (Å²) in [5.74, 6) is -1.42. The van der Waals surface area contributed by atoms with Crippen molar-refractivity contribution in [3.63, 3.8) is 0 Å². The predicted molar refractivity (Wildman–Crippen MR) is 78.9 cm³/mol. The van der Waals surface area contributed by atoms with Crippen LogP contribution in [0.1, 0.15) is 44.9 Å². The normalized spacial score (nSPS) is 31.7. The van der Waals surface area contributed by atoms with Crippen molar-refractivity contribution in [3.05, 3.63) is 0 Å². The average molecular weight is 294 g/mol. The van der Waals surface area contributed by atoms with Crippen molar-refractivity contribution in [1.82, 2.24) is 9.80 Å². The van der Waals surface area contributed by atoms with Gasteiger partial charge < -0.3 is 14.9 Å². The lowest BCUT2D eigenvalue weighted by Crippen LogP contribution is -2.48. The topological polar surface area (TPSA) is 60.9 Å². The standard InChI is InChI=1S/C16H26N2O3/c19-15(13-4-3-5-14(13)16(20)21)18-10-6-12(7-11-18)17-8-1-2-9-17/h12-14H,1-11H2,(H,20,21)/t13-,14+/m1/s1. The van der Waals surface area contributed by atoms with Crippen molar-refractivity contribution in [1.29, 1.82) is 0 Å². The SMILES string of the molecule is O=C(O)[C@H]1CCC[C@H]1C(=O)N1CCC(N2CCCC2)CC1. The maximum Gasteiger partial charge on any atom is 0.307 e. The van der Waals surface area contributed by atoms with E-state index in [1.165, 1.54) is 25.9 Å². The number of nitrogens with zero attached hydrogens (tertiary/aromatic N) is 2. The Hall–Kier alpha value is -1.10. The molecule has 1 saturated carbocycles. The van der Waals surface area contributed by atoms with Crippen LogP contribution in [-0.2, 0) is 9.59 Å². The first-order valence-corrected chi connectivity index (χ1v) is 8.42. The van der Waals surface area contributed by atoms with Gasteiger partial charge in [-0.2, -0.15) is 0 Å². The molecule has 118 valence electrons. The smallest absolute Gasteiger partial charge is 0.307 e. The summed E-state index contributed by atoms with van der Waals surface area (Å²) < 4.78 is 0. The Morgan fingerprint density at radius 3 is 2.05 bits per heavy atom. The fraction of sp³-hybridized carbons (Fsp3) is 0.875. The Bertz CT molecular complexity index is 398. The Morgan fingerprint density at radius 1 is 0.810 bits per heavy atom. The zero-order valence-corrected chi connectivity index (χ0v) is 12.7. The van der Waals surface area contributed by atoms with E-state index in [2.05, 4.69) is 4.90 Å². The van der Waals surface area contributed by atoms with Crippen molar-refractivity contribution in [3.8, 4) is 0 Å². The largest absolute Gasteiger partial charge is 0.481 e. The molecule has 0 bridgehead atoms. The van der Waals surface area contributed by atoms with Crippen LogP contribution in [0.4, 0.5) is 0 Å². The number of carbonyl (C=O) groups excluding carboxylic acids is 1. The third-order valence-electron chi connectivity index (χ3n) is 5.58. The van der Waals surface area contributed by atoms with E-state index in [0.717, 1.165) is 38.8 Å². The van der Waals surface area contributed by atoms with Gasteiger partial charge in [-0.25, -0.2) is 0 Å². The number of likely N-dealkylation sites (tertiary alicyclic amines) is 2. The molecule has 2 aliphatic heterocycles. The van der Waals surface area contributed by atoms with Gasteiger partial charge in [0, 0.05) is 19.1 Å². The molecule has 0 unspecified atom stereocenters. The van der Waals surface area contributed by atoms with Gasteiger partial charge in [0.2, 0.25) is 5.91 Å². The molecule has 3 fully saturated rings. The summed E-state index contributed by atoms with van der Waals surface area (Å²) in [4.78, 5) is 28.3. The second-order valence-electron chi connectivity index (χ2n) is 6.78. The Labute approximate surface area is 126 Å². The first-order valence-electron chi connectivity index (χ1n) is 8.42. The summed E-state index contributed by atoms with van der Waals surface area (Å²) in [5.41, 5.74) is 0. The average Bonchev–Trinajstić information content (AvgIpc) is 3.18. The molecule has 0 aromatic carbocycles. The van der Waals surface area contributed by atoms with Gasteiger partial charge in [0.25, 0.3) is 0 Å². The van der Waals surface area contributed by atoms with E-state index in [1.54, 1.807) is 0 Å². The van der Waals surface area contributed by atoms with Crippen LogP contribution in [0.25, 0.3) is 0 Å². The van der Waals surface area contributed by atoms with Crippen LogP contribution in [0.5, 0.6) is 0 Å². The van der Waals surface area contributed by atoms with E-state index in [9.17, 15) is 14.7 Å². The van der Waals surface area contributed by atoms with Crippen molar-refractivity contribution in [2.75, 3.05) is 26.2 Å². The highest BCUT2D eigenvalue weighted by Gasteiger charge is 2.40. The lowest BCUT2D eigenvalue weighted by Gasteiger charge is -2.38. The summed E-state index contributed by atoms with van der Waals surface area (Å²) >= 11 is 0. The number of carboxylic acids is 1. The van der Waals surface area contributed by atoms with Crippen molar-refractivity contribution in [2.45, 2.75) is 51.0 Å². The zero-order valence-electron chi connectivity index (χ0n) is 12.7. The van der Waals surface area contributed by atoms with Crippen LogP contribution in [0.3, 0.4) is 0 Å². The number of carbonyl (C=O) groups is 2. The molecule has 1 N–H and O–H groups in total. The number of hydrogen-bond acceptors (Lipinski definition) is 3. The first kappa shape index (κ1) is 14.8. The fourth-order valence-electron chi connectivity index (χ4n) is 4.34. The highest BCUT2D eigenvalue weighted by molar-refractivity contribution is 5.85. The van der Waals surface area contributed by atoms with Crippen molar-refractivity contribution in [2.24, 2.45) is 11.8 Å². The summed E-state index contributed by atoms with van der Waals surface area (Å²) in [7, 11) is 0. The third-order valence-corrected chi connectivity index (χ3v) is 5.58. The number of hydrogen-bond donors (Lipinski definition) is 1.